The molecular weight excluding hydrogens is 386 g/mol. The predicted molar refractivity (Wildman–Crippen MR) is 112 cm³/mol. The Morgan fingerprint density at radius 2 is 1.63 bits per heavy atom. The summed E-state index contributed by atoms with van der Waals surface area (Å²) in [4.78, 5) is 36.1. The van der Waals surface area contributed by atoms with Gasteiger partial charge in [-0.15, -0.1) is 0 Å². The summed E-state index contributed by atoms with van der Waals surface area (Å²) in [5.74, 6) is -0.453. The Hall–Kier alpha value is -4.14. The molecule has 0 unspecified atom stereocenters. The summed E-state index contributed by atoms with van der Waals surface area (Å²) in [5, 5.41) is 7.13. The van der Waals surface area contributed by atoms with Gasteiger partial charge >= 0.3 is 0 Å². The molecule has 30 heavy (non-hydrogen) atoms. The molecule has 1 heterocycles. The van der Waals surface area contributed by atoms with Gasteiger partial charge in [0.2, 0.25) is 0 Å². The second-order valence-electron chi connectivity index (χ2n) is 6.23. The Balaban J connectivity index is 1.53. The molecule has 0 saturated heterocycles. The van der Waals surface area contributed by atoms with E-state index in [0.29, 0.717) is 17.1 Å². The summed E-state index contributed by atoms with van der Waals surface area (Å²) < 4.78 is 6.23. The molecule has 0 aliphatic heterocycles. The van der Waals surface area contributed by atoms with Crippen molar-refractivity contribution in [1.29, 1.82) is 0 Å². The van der Waals surface area contributed by atoms with Crippen LogP contribution in [0.5, 0.6) is 5.75 Å². The number of rotatable bonds is 7. The normalized spacial score (nSPS) is 10.2. The van der Waals surface area contributed by atoms with Crippen molar-refractivity contribution in [3.05, 3.63) is 77.1 Å². The zero-order valence-corrected chi connectivity index (χ0v) is 16.3. The number of methoxy groups -OCH3 is 1. The lowest BCUT2D eigenvalue weighted by atomic mass is 10.1. The minimum Gasteiger partial charge on any atom is -0.495 e. The van der Waals surface area contributed by atoms with Gasteiger partial charge in [0.25, 0.3) is 17.4 Å². The number of amides is 2. The number of nitrogens with one attached hydrogen (secondary N) is 3. The van der Waals surface area contributed by atoms with Crippen LogP contribution in [0.2, 0.25) is 0 Å². The first kappa shape index (κ1) is 20.6. The van der Waals surface area contributed by atoms with E-state index in [2.05, 4.69) is 21.3 Å². The molecule has 3 N–H and O–H groups in total. The minimum absolute atomic E-state index is 0.0810. The molecule has 154 valence electrons. The summed E-state index contributed by atoms with van der Waals surface area (Å²) >= 11 is 0. The Morgan fingerprint density at radius 3 is 2.40 bits per heavy atom. The quantitative estimate of drug-likeness (QED) is 0.507. The van der Waals surface area contributed by atoms with Crippen molar-refractivity contribution in [2.75, 3.05) is 19.0 Å². The van der Waals surface area contributed by atoms with E-state index in [-0.39, 0.29) is 13.1 Å². The van der Waals surface area contributed by atoms with Gasteiger partial charge in [0, 0.05) is 11.6 Å². The first-order valence-corrected chi connectivity index (χ1v) is 9.15. The SMILES string of the molecule is COc1ccccc1NCC(=O)NNC(=O)Cn1nc(-c2ccccc2)ccc1=O. The molecule has 9 nitrogen and oxygen atoms in total. The fourth-order valence-corrected chi connectivity index (χ4v) is 2.65. The number of para-hydroxylation sites is 2. The first-order chi connectivity index (χ1) is 14.6. The minimum atomic E-state index is -0.583. The Labute approximate surface area is 172 Å². The highest BCUT2D eigenvalue weighted by Crippen LogP contribution is 2.22. The maximum absolute atomic E-state index is 12.1. The third-order valence-electron chi connectivity index (χ3n) is 4.12. The maximum Gasteiger partial charge on any atom is 0.267 e. The van der Waals surface area contributed by atoms with Gasteiger partial charge in [-0.1, -0.05) is 42.5 Å². The number of anilines is 1. The third kappa shape index (κ3) is 5.44. The van der Waals surface area contributed by atoms with Crippen LogP contribution < -0.4 is 26.5 Å². The molecule has 1 aromatic heterocycles. The lowest BCUT2D eigenvalue weighted by Crippen LogP contribution is -2.46. The van der Waals surface area contributed by atoms with Crippen molar-refractivity contribution in [1.82, 2.24) is 20.6 Å². The Morgan fingerprint density at radius 1 is 0.933 bits per heavy atom. The highest BCUT2D eigenvalue weighted by Gasteiger charge is 2.10. The summed E-state index contributed by atoms with van der Waals surface area (Å²) in [7, 11) is 1.53. The van der Waals surface area contributed by atoms with E-state index in [0.717, 1.165) is 10.2 Å². The van der Waals surface area contributed by atoms with Gasteiger partial charge in [-0.2, -0.15) is 5.10 Å². The summed E-state index contributed by atoms with van der Waals surface area (Å²) in [6.45, 7) is -0.415. The molecule has 0 fully saturated rings. The highest BCUT2D eigenvalue weighted by molar-refractivity contribution is 5.84. The van der Waals surface area contributed by atoms with Crippen LogP contribution in [0.25, 0.3) is 11.3 Å². The van der Waals surface area contributed by atoms with Crippen LogP contribution in [0.15, 0.2) is 71.5 Å². The largest absolute Gasteiger partial charge is 0.495 e. The fourth-order valence-electron chi connectivity index (χ4n) is 2.65. The van der Waals surface area contributed by atoms with Gasteiger partial charge in [0.1, 0.15) is 12.3 Å². The van der Waals surface area contributed by atoms with Gasteiger partial charge in [0.05, 0.1) is 25.0 Å². The zero-order valence-electron chi connectivity index (χ0n) is 16.3. The Kier molecular flexibility index (Phi) is 6.78. The number of hydrazine groups is 1. The maximum atomic E-state index is 12.1. The van der Waals surface area contributed by atoms with Crippen molar-refractivity contribution < 1.29 is 14.3 Å². The number of hydrogen-bond donors (Lipinski definition) is 3. The highest BCUT2D eigenvalue weighted by atomic mass is 16.5. The van der Waals surface area contributed by atoms with Crippen LogP contribution in [-0.2, 0) is 16.1 Å². The predicted octanol–water partition coefficient (Wildman–Crippen LogP) is 1.18. The van der Waals surface area contributed by atoms with Gasteiger partial charge in [0.15, 0.2) is 0 Å². The van der Waals surface area contributed by atoms with Crippen molar-refractivity contribution in [3.8, 4) is 17.0 Å². The van der Waals surface area contributed by atoms with E-state index in [1.165, 1.54) is 13.2 Å². The molecule has 0 aliphatic rings. The van der Waals surface area contributed by atoms with E-state index in [9.17, 15) is 14.4 Å². The average molecular weight is 407 g/mol. The van der Waals surface area contributed by atoms with Crippen molar-refractivity contribution in [3.63, 3.8) is 0 Å². The van der Waals surface area contributed by atoms with Crippen LogP contribution in [0, 0.1) is 0 Å². The smallest absolute Gasteiger partial charge is 0.267 e. The molecule has 0 bridgehead atoms. The summed E-state index contributed by atoms with van der Waals surface area (Å²) in [6.07, 6.45) is 0. The lowest BCUT2D eigenvalue weighted by Gasteiger charge is -2.12. The molecular formula is C21H21N5O4. The zero-order chi connectivity index (χ0) is 21.3. The van der Waals surface area contributed by atoms with E-state index in [1.54, 1.807) is 24.3 Å². The second-order valence-corrected chi connectivity index (χ2v) is 6.23. The number of carbonyl (C=O) groups is 2. The molecule has 0 radical (unpaired) electrons. The van der Waals surface area contributed by atoms with Crippen molar-refractivity contribution >= 4 is 17.5 Å². The van der Waals surface area contributed by atoms with Crippen LogP contribution >= 0.6 is 0 Å². The van der Waals surface area contributed by atoms with Crippen LogP contribution in [0.1, 0.15) is 0 Å². The van der Waals surface area contributed by atoms with Gasteiger partial charge in [-0.25, -0.2) is 4.68 Å². The molecule has 2 aromatic carbocycles. The number of aromatic nitrogens is 2. The number of ether oxygens (including phenoxy) is 1. The van der Waals surface area contributed by atoms with E-state index >= 15 is 0 Å². The monoisotopic (exact) mass is 407 g/mol. The fraction of sp³-hybridized carbons (Fsp3) is 0.143. The topological polar surface area (TPSA) is 114 Å². The number of nitrogens with zero attached hydrogens (tertiary/aromatic N) is 2. The molecule has 0 atom stereocenters. The van der Waals surface area contributed by atoms with E-state index in [1.807, 2.05) is 36.4 Å². The molecule has 3 aromatic rings. The number of hydrogen-bond acceptors (Lipinski definition) is 6. The van der Waals surface area contributed by atoms with Crippen LogP contribution in [0.4, 0.5) is 5.69 Å². The summed E-state index contributed by atoms with van der Waals surface area (Å²) in [5.41, 5.74) is 6.17. The molecule has 9 heteroatoms. The molecule has 3 rings (SSSR count). The lowest BCUT2D eigenvalue weighted by molar-refractivity contribution is -0.128. The van der Waals surface area contributed by atoms with Crippen LogP contribution in [-0.4, -0.2) is 35.2 Å². The Bertz CT molecular complexity index is 1080. The van der Waals surface area contributed by atoms with Gasteiger partial charge in [-0.3, -0.25) is 25.2 Å². The van der Waals surface area contributed by atoms with Gasteiger partial charge in [-0.05, 0) is 18.2 Å². The second kappa shape index (κ2) is 9.87. The van der Waals surface area contributed by atoms with E-state index < -0.39 is 17.4 Å². The average Bonchev–Trinajstić information content (AvgIpc) is 2.78. The standard InChI is InChI=1S/C21H21N5O4/c1-30-18-10-6-5-9-17(18)22-13-19(27)23-24-20(28)14-26-21(29)12-11-16(25-26)15-7-3-2-4-8-15/h2-12,22H,13-14H2,1H3,(H,23,27)(H,24,28). The molecule has 0 spiro atoms. The number of carbonyl (C=O) groups excluding carboxylic acids is 2. The van der Waals surface area contributed by atoms with E-state index in [4.69, 9.17) is 4.74 Å². The molecule has 0 saturated carbocycles. The third-order valence-corrected chi connectivity index (χ3v) is 4.12. The van der Waals surface area contributed by atoms with Crippen molar-refractivity contribution in [2.45, 2.75) is 6.54 Å². The first-order valence-electron chi connectivity index (χ1n) is 9.15. The molecule has 2 amide bonds. The molecule has 0 aliphatic carbocycles. The number of benzene rings is 2. The van der Waals surface area contributed by atoms with Crippen molar-refractivity contribution in [2.24, 2.45) is 0 Å². The van der Waals surface area contributed by atoms with Gasteiger partial charge < -0.3 is 10.1 Å². The van der Waals surface area contributed by atoms with Crippen LogP contribution in [0.3, 0.4) is 0 Å². The summed E-state index contributed by atoms with van der Waals surface area (Å²) in [6, 6.07) is 19.4.